The van der Waals surface area contributed by atoms with Crippen LogP contribution in [0.2, 0.25) is 0 Å². The fourth-order valence-electron chi connectivity index (χ4n) is 2.86. The molecule has 2 aromatic rings. The number of rotatable bonds is 6. The van der Waals surface area contributed by atoms with Crippen LogP contribution in [-0.2, 0) is 9.47 Å². The summed E-state index contributed by atoms with van der Waals surface area (Å²) in [5, 5.41) is 2.12. The third kappa shape index (κ3) is 3.91. The van der Waals surface area contributed by atoms with Gasteiger partial charge in [-0.3, -0.25) is 5.01 Å². The number of para-hydroxylation sites is 2. The van der Waals surface area contributed by atoms with Crippen molar-refractivity contribution in [3.63, 3.8) is 0 Å². The first-order chi connectivity index (χ1) is 11.3. The molecule has 1 aliphatic rings. The molecule has 1 aliphatic heterocycles. The summed E-state index contributed by atoms with van der Waals surface area (Å²) in [5.74, 6) is 0. The quantitative estimate of drug-likeness (QED) is 0.821. The van der Waals surface area contributed by atoms with Crippen molar-refractivity contribution in [1.29, 1.82) is 0 Å². The van der Waals surface area contributed by atoms with Gasteiger partial charge >= 0.3 is 0 Å². The van der Waals surface area contributed by atoms with E-state index in [0.29, 0.717) is 6.61 Å². The van der Waals surface area contributed by atoms with E-state index in [9.17, 15) is 0 Å². The monoisotopic (exact) mass is 312 g/mol. The van der Waals surface area contributed by atoms with Crippen molar-refractivity contribution in [2.24, 2.45) is 0 Å². The van der Waals surface area contributed by atoms with Gasteiger partial charge in [0.2, 0.25) is 0 Å². The summed E-state index contributed by atoms with van der Waals surface area (Å²) in [7, 11) is 0. The number of benzene rings is 2. The van der Waals surface area contributed by atoms with E-state index in [0.717, 1.165) is 17.8 Å². The molecule has 3 atom stereocenters. The van der Waals surface area contributed by atoms with Crippen LogP contribution in [0.3, 0.4) is 0 Å². The molecule has 1 N–H and O–H groups in total. The summed E-state index contributed by atoms with van der Waals surface area (Å²) in [6.07, 6.45) is 0.813. The first-order valence-electron chi connectivity index (χ1n) is 8.21. The third-order valence-corrected chi connectivity index (χ3v) is 4.06. The van der Waals surface area contributed by atoms with Crippen molar-refractivity contribution in [2.45, 2.75) is 38.7 Å². The number of hydrazine groups is 1. The molecule has 0 amide bonds. The van der Waals surface area contributed by atoms with Gasteiger partial charge in [-0.15, -0.1) is 0 Å². The normalized spacial score (nSPS) is 23.8. The van der Waals surface area contributed by atoms with Gasteiger partial charge in [0.1, 0.15) is 0 Å². The topological polar surface area (TPSA) is 33.7 Å². The van der Waals surface area contributed by atoms with Gasteiger partial charge in [-0.2, -0.15) is 0 Å². The number of ether oxygens (including phenoxy) is 2. The van der Waals surface area contributed by atoms with Crippen LogP contribution in [0.5, 0.6) is 0 Å². The summed E-state index contributed by atoms with van der Waals surface area (Å²) in [4.78, 5) is 0. The minimum absolute atomic E-state index is 0.0986. The van der Waals surface area contributed by atoms with Crippen molar-refractivity contribution in [1.82, 2.24) is 5.43 Å². The van der Waals surface area contributed by atoms with Gasteiger partial charge in [0.25, 0.3) is 0 Å². The molecular weight excluding hydrogens is 288 g/mol. The number of hydrogen-bond donors (Lipinski definition) is 1. The van der Waals surface area contributed by atoms with Gasteiger partial charge in [0.15, 0.2) is 6.29 Å². The highest BCUT2D eigenvalue weighted by molar-refractivity contribution is 5.61. The minimum atomic E-state index is -0.124. The zero-order valence-corrected chi connectivity index (χ0v) is 13.7. The molecule has 0 aromatic heterocycles. The van der Waals surface area contributed by atoms with Gasteiger partial charge in [0, 0.05) is 13.0 Å². The number of nitrogens with zero attached hydrogens (tertiary/aromatic N) is 1. The Morgan fingerprint density at radius 2 is 1.61 bits per heavy atom. The van der Waals surface area contributed by atoms with Gasteiger partial charge in [0.05, 0.1) is 23.5 Å². The van der Waals surface area contributed by atoms with Crippen LogP contribution in [0, 0.1) is 0 Å². The van der Waals surface area contributed by atoms with Crippen LogP contribution >= 0.6 is 0 Å². The summed E-state index contributed by atoms with van der Waals surface area (Å²) in [5.41, 5.74) is 5.82. The maximum Gasteiger partial charge on any atom is 0.159 e. The van der Waals surface area contributed by atoms with Gasteiger partial charge in [-0.1, -0.05) is 36.4 Å². The molecule has 0 aliphatic carbocycles. The largest absolute Gasteiger partial charge is 0.353 e. The highest BCUT2D eigenvalue weighted by Crippen LogP contribution is 2.27. The molecule has 3 rings (SSSR count). The Hall–Kier alpha value is -1.88. The molecule has 0 bridgehead atoms. The predicted octanol–water partition coefficient (Wildman–Crippen LogP) is 3.87. The van der Waals surface area contributed by atoms with E-state index in [1.165, 1.54) is 0 Å². The van der Waals surface area contributed by atoms with E-state index in [-0.39, 0.29) is 18.4 Å². The Balaban J connectivity index is 1.80. The van der Waals surface area contributed by atoms with Crippen molar-refractivity contribution < 1.29 is 9.47 Å². The van der Waals surface area contributed by atoms with E-state index in [2.05, 4.69) is 41.6 Å². The van der Waals surface area contributed by atoms with E-state index in [4.69, 9.17) is 9.47 Å². The molecule has 122 valence electrons. The summed E-state index contributed by atoms with van der Waals surface area (Å²) in [6, 6.07) is 20.8. The molecule has 2 aromatic carbocycles. The lowest BCUT2D eigenvalue weighted by molar-refractivity contribution is -0.126. The highest BCUT2D eigenvalue weighted by Gasteiger charge is 2.34. The second kappa shape index (κ2) is 7.59. The van der Waals surface area contributed by atoms with Crippen LogP contribution in [-0.4, -0.2) is 25.0 Å². The van der Waals surface area contributed by atoms with Crippen molar-refractivity contribution in [3.05, 3.63) is 60.7 Å². The molecule has 4 heteroatoms. The SMILES string of the molecule is CCO[C@H]1C[C@@H](NN(c2ccccc2)c2ccccc2)[C@H](C)O1. The summed E-state index contributed by atoms with van der Waals surface area (Å²) >= 11 is 0. The first-order valence-corrected chi connectivity index (χ1v) is 8.21. The van der Waals surface area contributed by atoms with E-state index in [1.807, 2.05) is 43.3 Å². The molecule has 0 saturated carbocycles. The maximum atomic E-state index is 5.88. The average molecular weight is 312 g/mol. The molecule has 0 radical (unpaired) electrons. The predicted molar refractivity (Wildman–Crippen MR) is 92.5 cm³/mol. The van der Waals surface area contributed by atoms with E-state index < -0.39 is 0 Å². The molecule has 0 spiro atoms. The van der Waals surface area contributed by atoms with Crippen LogP contribution < -0.4 is 10.4 Å². The number of anilines is 2. The Kier molecular flexibility index (Phi) is 5.28. The lowest BCUT2D eigenvalue weighted by Crippen LogP contribution is -2.45. The van der Waals surface area contributed by atoms with Crippen molar-refractivity contribution in [2.75, 3.05) is 11.6 Å². The molecule has 23 heavy (non-hydrogen) atoms. The fourth-order valence-corrected chi connectivity index (χ4v) is 2.86. The Bertz CT molecular complexity index is 551. The zero-order valence-electron chi connectivity index (χ0n) is 13.7. The van der Waals surface area contributed by atoms with Crippen molar-refractivity contribution in [3.8, 4) is 0 Å². The van der Waals surface area contributed by atoms with Crippen LogP contribution in [0.15, 0.2) is 60.7 Å². The molecule has 4 nitrogen and oxygen atoms in total. The smallest absolute Gasteiger partial charge is 0.159 e. The standard InChI is InChI=1S/C19H24N2O2/c1-3-22-19-14-18(15(2)23-19)20-21(16-10-6-4-7-11-16)17-12-8-5-9-13-17/h4-13,15,18-20H,3,14H2,1-2H3/t15-,18+,19+/m0/s1. The summed E-state index contributed by atoms with van der Waals surface area (Å²) < 4.78 is 11.5. The van der Waals surface area contributed by atoms with Crippen LogP contribution in [0.4, 0.5) is 11.4 Å². The zero-order chi connectivity index (χ0) is 16.1. The number of nitrogens with one attached hydrogen (secondary N) is 1. The minimum Gasteiger partial charge on any atom is -0.353 e. The molecule has 1 saturated heterocycles. The molecular formula is C19H24N2O2. The average Bonchev–Trinajstić information content (AvgIpc) is 2.94. The van der Waals surface area contributed by atoms with Gasteiger partial charge < -0.3 is 9.47 Å². The fraction of sp³-hybridized carbons (Fsp3) is 0.368. The molecule has 0 unspecified atom stereocenters. The van der Waals surface area contributed by atoms with E-state index >= 15 is 0 Å². The Morgan fingerprint density at radius 3 is 2.13 bits per heavy atom. The molecule has 1 fully saturated rings. The van der Waals surface area contributed by atoms with Gasteiger partial charge in [-0.05, 0) is 38.1 Å². The Labute approximate surface area is 138 Å². The second-order valence-electron chi connectivity index (χ2n) is 5.70. The highest BCUT2D eigenvalue weighted by atomic mass is 16.7. The number of hydrogen-bond acceptors (Lipinski definition) is 4. The third-order valence-electron chi connectivity index (χ3n) is 4.06. The van der Waals surface area contributed by atoms with E-state index in [1.54, 1.807) is 0 Å². The second-order valence-corrected chi connectivity index (χ2v) is 5.70. The Morgan fingerprint density at radius 1 is 1.04 bits per heavy atom. The molecule has 1 heterocycles. The van der Waals surface area contributed by atoms with Gasteiger partial charge in [-0.25, -0.2) is 5.43 Å². The van der Waals surface area contributed by atoms with Crippen LogP contribution in [0.1, 0.15) is 20.3 Å². The summed E-state index contributed by atoms with van der Waals surface area (Å²) in [6.45, 7) is 4.76. The first kappa shape index (κ1) is 16.0. The van der Waals surface area contributed by atoms with Crippen LogP contribution in [0.25, 0.3) is 0 Å². The van der Waals surface area contributed by atoms with Crippen molar-refractivity contribution >= 4 is 11.4 Å². The lowest BCUT2D eigenvalue weighted by Gasteiger charge is -2.30. The lowest BCUT2D eigenvalue weighted by atomic mass is 10.1. The maximum absolute atomic E-state index is 5.88.